The van der Waals surface area contributed by atoms with Gasteiger partial charge in [-0.25, -0.2) is 0 Å². The van der Waals surface area contributed by atoms with Gasteiger partial charge in [0.05, 0.1) is 5.34 Å². The molecule has 0 unspecified atom stereocenters. The first-order valence-electron chi connectivity index (χ1n) is 2.27. The quantitative estimate of drug-likeness (QED) is 0.365. The van der Waals surface area contributed by atoms with Crippen LogP contribution in [0, 0.1) is 0 Å². The Hall–Kier alpha value is 1.53. The summed E-state index contributed by atoms with van der Waals surface area (Å²) in [5.74, 6) is 0. The molecule has 0 aliphatic heterocycles. The molecule has 0 aromatic carbocycles. The fourth-order valence-electron chi connectivity index (χ4n) is 0. The summed E-state index contributed by atoms with van der Waals surface area (Å²) in [5, 5.41) is 0.194. The minimum atomic E-state index is -0.139. The molecule has 0 N–H and O–H groups in total. The van der Waals surface area contributed by atoms with Crippen molar-refractivity contribution in [2.24, 2.45) is 0 Å². The third kappa shape index (κ3) is 138. The van der Waals surface area contributed by atoms with E-state index < -0.39 is 0 Å². The zero-order valence-corrected chi connectivity index (χ0v) is 10.4. The molecule has 0 spiro atoms. The van der Waals surface area contributed by atoms with Crippen molar-refractivity contribution in [2.75, 3.05) is 5.34 Å². The highest BCUT2D eigenvalue weighted by Gasteiger charge is 1.71. The number of alkyl halides is 2. The van der Waals surface area contributed by atoms with Gasteiger partial charge in [-0.15, -0.1) is 47.2 Å². The van der Waals surface area contributed by atoms with Crippen LogP contribution in [-0.2, 0) is 0 Å². The molecule has 0 aliphatic rings. The fraction of sp³-hybridized carbons (Fsp3) is 1.00. The standard InChI is InChI=1S/C3H10Si.CH2Cl2.HI/c1-4(2)3;2-1-3;/h4H,1-3H3;1H2;1H. The Bertz CT molecular complexity index is 25.2. The smallest absolute Gasteiger partial charge is 0.0967 e. The first-order valence-corrected chi connectivity index (χ1v) is 6.80. The molecule has 4 heteroatoms. The Morgan fingerprint density at radius 1 is 1.12 bits per heavy atom. The van der Waals surface area contributed by atoms with Crippen LogP contribution < -0.4 is 0 Å². The van der Waals surface area contributed by atoms with Crippen LogP contribution in [0.3, 0.4) is 0 Å². The molecule has 8 heavy (non-hydrogen) atoms. The van der Waals surface area contributed by atoms with Crippen LogP contribution in [0.4, 0.5) is 0 Å². The van der Waals surface area contributed by atoms with E-state index in [1.54, 1.807) is 0 Å². The summed E-state index contributed by atoms with van der Waals surface area (Å²) in [6.07, 6.45) is 0. The highest BCUT2D eigenvalue weighted by atomic mass is 127. The molecule has 0 fully saturated rings. The molecule has 0 aromatic rings. The van der Waals surface area contributed by atoms with Gasteiger partial charge in [0, 0.05) is 8.80 Å². The highest BCUT2D eigenvalue weighted by Crippen LogP contribution is 1.73. The van der Waals surface area contributed by atoms with Crippen molar-refractivity contribution in [3.63, 3.8) is 0 Å². The van der Waals surface area contributed by atoms with Crippen molar-refractivity contribution in [3.05, 3.63) is 0 Å². The topological polar surface area (TPSA) is 0 Å². The number of hydrogen-bond donors (Lipinski definition) is 0. The van der Waals surface area contributed by atoms with Crippen molar-refractivity contribution in [3.8, 4) is 0 Å². The first kappa shape index (κ1) is 16.3. The lowest BCUT2D eigenvalue weighted by atomic mass is 11.8. The van der Waals surface area contributed by atoms with Gasteiger partial charge in [-0.3, -0.25) is 0 Å². The Balaban J connectivity index is -0.0000000575. The van der Waals surface area contributed by atoms with Gasteiger partial charge in [0.2, 0.25) is 0 Å². The van der Waals surface area contributed by atoms with E-state index in [0.717, 1.165) is 0 Å². The lowest BCUT2D eigenvalue weighted by Crippen LogP contribution is -1.84. The van der Waals surface area contributed by atoms with E-state index in [1.165, 1.54) is 0 Å². The minimum Gasteiger partial charge on any atom is -0.109 e. The predicted octanol–water partition coefficient (Wildman–Crippen LogP) is 3.14. The maximum absolute atomic E-state index is 4.76. The van der Waals surface area contributed by atoms with Crippen molar-refractivity contribution in [2.45, 2.75) is 19.6 Å². The lowest BCUT2D eigenvalue weighted by Gasteiger charge is -1.75. The zero-order chi connectivity index (χ0) is 6.28. The highest BCUT2D eigenvalue weighted by molar-refractivity contribution is 14.0. The molecule has 54 valence electrons. The summed E-state index contributed by atoms with van der Waals surface area (Å²) in [6, 6.07) is 0. The molecule has 0 bridgehead atoms. The van der Waals surface area contributed by atoms with Gasteiger partial charge in [-0.2, -0.15) is 0 Å². The van der Waals surface area contributed by atoms with Crippen molar-refractivity contribution in [1.29, 1.82) is 0 Å². The molecule has 0 amide bonds. The monoisotopic (exact) mass is 286 g/mol. The average Bonchev–Trinajstić information content (AvgIpc) is 1.33. The van der Waals surface area contributed by atoms with Crippen molar-refractivity contribution < 1.29 is 0 Å². The molecule has 0 saturated carbocycles. The maximum Gasteiger partial charge on any atom is 0.0967 e. The minimum absolute atomic E-state index is 0. The normalized spacial score (nSPS) is 6.75. The molecule has 0 saturated heterocycles. The van der Waals surface area contributed by atoms with Gasteiger partial charge in [-0.05, 0) is 0 Å². The molecule has 0 rings (SSSR count). The van der Waals surface area contributed by atoms with Crippen LogP contribution in [0.25, 0.3) is 0 Å². The Morgan fingerprint density at radius 2 is 1.12 bits per heavy atom. The van der Waals surface area contributed by atoms with Crippen molar-refractivity contribution >= 4 is 56.0 Å². The molecular formula is C4H13Cl2ISi. The third-order valence-electron chi connectivity index (χ3n) is 0. The van der Waals surface area contributed by atoms with E-state index in [-0.39, 0.29) is 38.1 Å². The van der Waals surface area contributed by atoms with Crippen LogP contribution in [0.5, 0.6) is 0 Å². The molecule has 0 aromatic heterocycles. The predicted molar refractivity (Wildman–Crippen MR) is 56.7 cm³/mol. The van der Waals surface area contributed by atoms with Crippen molar-refractivity contribution in [1.82, 2.24) is 0 Å². The van der Waals surface area contributed by atoms with Crippen LogP contribution >= 0.6 is 47.2 Å². The number of hydrogen-bond acceptors (Lipinski definition) is 0. The van der Waals surface area contributed by atoms with Gasteiger partial charge >= 0.3 is 0 Å². The van der Waals surface area contributed by atoms with Crippen LogP contribution in [0.1, 0.15) is 0 Å². The molecule has 0 heterocycles. The van der Waals surface area contributed by atoms with Gasteiger partial charge in [-0.1, -0.05) is 19.6 Å². The second kappa shape index (κ2) is 15.8. The number of rotatable bonds is 0. The van der Waals surface area contributed by atoms with Crippen LogP contribution in [0.2, 0.25) is 19.6 Å². The fourth-order valence-corrected chi connectivity index (χ4v) is 0. The number of halogens is 3. The molecule has 0 nitrogen and oxygen atoms in total. The van der Waals surface area contributed by atoms with E-state index in [9.17, 15) is 0 Å². The van der Waals surface area contributed by atoms with E-state index in [0.29, 0.717) is 0 Å². The van der Waals surface area contributed by atoms with Gasteiger partial charge < -0.3 is 0 Å². The Kier molecular flexibility index (Phi) is 32.1. The van der Waals surface area contributed by atoms with Crippen LogP contribution in [0.15, 0.2) is 0 Å². The second-order valence-electron chi connectivity index (χ2n) is 1.83. The summed E-state index contributed by atoms with van der Waals surface area (Å²) in [6.45, 7) is 6.92. The Morgan fingerprint density at radius 3 is 1.12 bits per heavy atom. The molecular weight excluding hydrogens is 274 g/mol. The molecule has 0 atom stereocenters. The summed E-state index contributed by atoms with van der Waals surface area (Å²) >= 11 is 9.53. The lowest BCUT2D eigenvalue weighted by molar-refractivity contribution is 1.91. The largest absolute Gasteiger partial charge is 0.109 e. The van der Waals surface area contributed by atoms with Crippen LogP contribution in [-0.4, -0.2) is 14.1 Å². The third-order valence-corrected chi connectivity index (χ3v) is 0. The molecule has 0 aliphatic carbocycles. The summed E-state index contributed by atoms with van der Waals surface area (Å²) in [7, 11) is -0.139. The van der Waals surface area contributed by atoms with E-state index in [2.05, 4.69) is 19.6 Å². The van der Waals surface area contributed by atoms with Gasteiger partial charge in [0.1, 0.15) is 0 Å². The van der Waals surface area contributed by atoms with E-state index in [4.69, 9.17) is 23.2 Å². The SMILES string of the molecule is C[SiH](C)C.ClCCl.I. The zero-order valence-electron chi connectivity index (χ0n) is 5.45. The van der Waals surface area contributed by atoms with E-state index >= 15 is 0 Å². The van der Waals surface area contributed by atoms with Gasteiger partial charge in [0.15, 0.2) is 0 Å². The summed E-state index contributed by atoms with van der Waals surface area (Å²) in [5.41, 5.74) is 0. The summed E-state index contributed by atoms with van der Waals surface area (Å²) in [4.78, 5) is 0. The Labute approximate surface area is 80.6 Å². The van der Waals surface area contributed by atoms with Gasteiger partial charge in [0.25, 0.3) is 0 Å². The first-order chi connectivity index (χ1) is 3.15. The second-order valence-corrected chi connectivity index (χ2v) is 6.11. The van der Waals surface area contributed by atoms with E-state index in [1.807, 2.05) is 0 Å². The average molecular weight is 287 g/mol. The molecule has 0 radical (unpaired) electrons. The summed E-state index contributed by atoms with van der Waals surface area (Å²) < 4.78 is 0. The maximum atomic E-state index is 4.76.